The van der Waals surface area contributed by atoms with E-state index in [0.29, 0.717) is 22.8 Å². The van der Waals surface area contributed by atoms with E-state index in [4.69, 9.17) is 11.6 Å². The molecule has 26 heavy (non-hydrogen) atoms. The molecule has 0 unspecified atom stereocenters. The Morgan fingerprint density at radius 3 is 2.58 bits per heavy atom. The van der Waals surface area contributed by atoms with Crippen LogP contribution in [0, 0.1) is 0 Å². The normalized spacial score (nSPS) is 10.8. The van der Waals surface area contributed by atoms with Gasteiger partial charge in [-0.05, 0) is 54.1 Å². The summed E-state index contributed by atoms with van der Waals surface area (Å²) in [5.74, 6) is -0.145. The van der Waals surface area contributed by atoms with Crippen LogP contribution in [0.25, 0.3) is 16.9 Å². The van der Waals surface area contributed by atoms with Crippen molar-refractivity contribution in [1.29, 1.82) is 0 Å². The zero-order valence-corrected chi connectivity index (χ0v) is 14.4. The highest BCUT2D eigenvalue weighted by Gasteiger charge is 2.09. The molecule has 6 nitrogen and oxygen atoms in total. The highest BCUT2D eigenvalue weighted by atomic mass is 35.5. The minimum absolute atomic E-state index is 0.145. The molecule has 7 heteroatoms. The van der Waals surface area contributed by atoms with Crippen LogP contribution in [0.2, 0.25) is 5.02 Å². The number of amides is 1. The molecule has 0 bridgehead atoms. The summed E-state index contributed by atoms with van der Waals surface area (Å²) in [6.45, 7) is 0.440. The first-order valence-electron chi connectivity index (χ1n) is 8.00. The molecular formula is C19H14ClN5O. The molecule has 0 saturated heterocycles. The molecule has 0 aliphatic carbocycles. The van der Waals surface area contributed by atoms with E-state index in [-0.39, 0.29) is 5.91 Å². The number of nitrogens with one attached hydrogen (secondary N) is 1. The molecule has 1 amide bonds. The zero-order valence-electron chi connectivity index (χ0n) is 13.6. The van der Waals surface area contributed by atoms with Crippen molar-refractivity contribution in [2.24, 2.45) is 0 Å². The third kappa shape index (κ3) is 3.27. The predicted octanol–water partition coefficient (Wildman–Crippen LogP) is 3.40. The van der Waals surface area contributed by atoms with E-state index < -0.39 is 0 Å². The second kappa shape index (κ2) is 6.93. The number of nitrogens with zero attached hydrogens (tertiary/aromatic N) is 4. The van der Waals surface area contributed by atoms with Gasteiger partial charge < -0.3 is 5.32 Å². The number of fused-ring (bicyclic) bond motifs is 1. The molecule has 0 aliphatic rings. The van der Waals surface area contributed by atoms with Crippen molar-refractivity contribution in [3.8, 4) is 5.69 Å². The number of hydrogen-bond donors (Lipinski definition) is 1. The molecule has 4 aromatic rings. The van der Waals surface area contributed by atoms with Crippen LogP contribution in [0.15, 0.2) is 66.9 Å². The van der Waals surface area contributed by atoms with Crippen LogP contribution in [0.3, 0.4) is 0 Å². The molecule has 0 aliphatic heterocycles. The van der Waals surface area contributed by atoms with Crippen LogP contribution in [-0.4, -0.2) is 25.9 Å². The maximum absolute atomic E-state index is 12.3. The predicted molar refractivity (Wildman–Crippen MR) is 99.3 cm³/mol. The second-order valence-electron chi connectivity index (χ2n) is 5.70. The number of aromatic nitrogens is 4. The third-order valence-corrected chi connectivity index (χ3v) is 4.20. The third-order valence-electron chi connectivity index (χ3n) is 3.95. The number of carbonyl (C=O) groups is 1. The molecule has 0 spiro atoms. The molecular weight excluding hydrogens is 350 g/mol. The van der Waals surface area contributed by atoms with Crippen molar-refractivity contribution in [1.82, 2.24) is 25.3 Å². The SMILES string of the molecule is O=C(NCc1ccc(Cl)cc1)c1ccc(-n2nnc3cccnc32)cc1. The largest absolute Gasteiger partial charge is 0.348 e. The van der Waals surface area contributed by atoms with E-state index in [1.54, 1.807) is 35.1 Å². The first-order valence-corrected chi connectivity index (χ1v) is 8.38. The van der Waals surface area contributed by atoms with Crippen LogP contribution in [0.1, 0.15) is 15.9 Å². The molecule has 4 rings (SSSR count). The van der Waals surface area contributed by atoms with E-state index in [1.807, 2.05) is 36.4 Å². The van der Waals surface area contributed by atoms with Crippen molar-refractivity contribution in [3.63, 3.8) is 0 Å². The van der Waals surface area contributed by atoms with Gasteiger partial charge in [0, 0.05) is 23.3 Å². The number of hydrogen-bond acceptors (Lipinski definition) is 4. The number of pyridine rings is 1. The Morgan fingerprint density at radius 1 is 1.04 bits per heavy atom. The lowest BCUT2D eigenvalue weighted by atomic mass is 10.1. The standard InChI is InChI=1S/C19H14ClN5O/c20-15-7-3-13(4-8-15)12-22-19(26)14-5-9-16(10-6-14)25-18-17(23-24-25)2-1-11-21-18/h1-11H,12H2,(H,22,26). The maximum Gasteiger partial charge on any atom is 0.251 e. The number of halogens is 1. The van der Waals surface area contributed by atoms with Crippen LogP contribution in [-0.2, 0) is 6.54 Å². The second-order valence-corrected chi connectivity index (χ2v) is 6.14. The number of benzene rings is 2. The van der Waals surface area contributed by atoms with Gasteiger partial charge in [0.2, 0.25) is 0 Å². The van der Waals surface area contributed by atoms with Crippen molar-refractivity contribution in [3.05, 3.63) is 83.0 Å². The Kier molecular flexibility index (Phi) is 4.33. The Labute approximate surface area is 154 Å². The zero-order chi connectivity index (χ0) is 17.9. The van der Waals surface area contributed by atoms with Crippen molar-refractivity contribution in [2.45, 2.75) is 6.54 Å². The van der Waals surface area contributed by atoms with Crippen molar-refractivity contribution >= 4 is 28.7 Å². The van der Waals surface area contributed by atoms with Gasteiger partial charge in [-0.25, -0.2) is 4.98 Å². The quantitative estimate of drug-likeness (QED) is 0.603. The first-order chi connectivity index (χ1) is 12.7. The Balaban J connectivity index is 1.48. The van der Waals surface area contributed by atoms with Gasteiger partial charge in [0.1, 0.15) is 5.52 Å². The molecule has 0 atom stereocenters. The minimum Gasteiger partial charge on any atom is -0.348 e. The van der Waals surface area contributed by atoms with Gasteiger partial charge in [0.25, 0.3) is 5.91 Å². The minimum atomic E-state index is -0.145. The maximum atomic E-state index is 12.3. The summed E-state index contributed by atoms with van der Waals surface area (Å²) in [6.07, 6.45) is 1.70. The summed E-state index contributed by atoms with van der Waals surface area (Å²) in [4.78, 5) is 16.6. The monoisotopic (exact) mass is 363 g/mol. The van der Waals surface area contributed by atoms with Crippen LogP contribution in [0.4, 0.5) is 0 Å². The van der Waals surface area contributed by atoms with Gasteiger partial charge in [-0.1, -0.05) is 28.9 Å². The molecule has 128 valence electrons. The molecule has 0 fully saturated rings. The summed E-state index contributed by atoms with van der Waals surface area (Å²) in [6, 6.07) is 18.2. The van der Waals surface area contributed by atoms with Gasteiger partial charge in [0.05, 0.1) is 5.69 Å². The van der Waals surface area contributed by atoms with E-state index >= 15 is 0 Å². The summed E-state index contributed by atoms with van der Waals surface area (Å²) in [5.41, 5.74) is 3.74. The summed E-state index contributed by atoms with van der Waals surface area (Å²) < 4.78 is 1.64. The molecule has 2 aromatic carbocycles. The fourth-order valence-corrected chi connectivity index (χ4v) is 2.71. The topological polar surface area (TPSA) is 72.7 Å². The van der Waals surface area contributed by atoms with Crippen molar-refractivity contribution < 1.29 is 4.79 Å². The highest BCUT2D eigenvalue weighted by molar-refractivity contribution is 6.30. The molecule has 0 saturated carbocycles. The lowest BCUT2D eigenvalue weighted by Gasteiger charge is -2.07. The van der Waals surface area contributed by atoms with Crippen LogP contribution in [0.5, 0.6) is 0 Å². The van der Waals surface area contributed by atoms with Gasteiger partial charge >= 0.3 is 0 Å². The van der Waals surface area contributed by atoms with Crippen LogP contribution >= 0.6 is 11.6 Å². The molecule has 1 N–H and O–H groups in total. The lowest BCUT2D eigenvalue weighted by molar-refractivity contribution is 0.0951. The summed E-state index contributed by atoms with van der Waals surface area (Å²) >= 11 is 5.86. The van der Waals surface area contributed by atoms with E-state index in [1.165, 1.54) is 0 Å². The number of carbonyl (C=O) groups excluding carboxylic acids is 1. The fourth-order valence-electron chi connectivity index (χ4n) is 2.58. The smallest absolute Gasteiger partial charge is 0.251 e. The Hall–Kier alpha value is -3.25. The molecule has 0 radical (unpaired) electrons. The first kappa shape index (κ1) is 16.2. The Morgan fingerprint density at radius 2 is 1.81 bits per heavy atom. The lowest BCUT2D eigenvalue weighted by Crippen LogP contribution is -2.22. The Bertz CT molecular complexity index is 1060. The number of rotatable bonds is 4. The average molecular weight is 364 g/mol. The highest BCUT2D eigenvalue weighted by Crippen LogP contribution is 2.15. The van der Waals surface area contributed by atoms with Crippen molar-refractivity contribution in [2.75, 3.05) is 0 Å². The summed E-state index contributed by atoms with van der Waals surface area (Å²) in [7, 11) is 0. The van der Waals surface area contributed by atoms with E-state index in [9.17, 15) is 4.79 Å². The van der Waals surface area contributed by atoms with Crippen LogP contribution < -0.4 is 5.32 Å². The summed E-state index contributed by atoms with van der Waals surface area (Å²) in [5, 5.41) is 11.8. The van der Waals surface area contributed by atoms with E-state index in [0.717, 1.165) is 16.8 Å². The van der Waals surface area contributed by atoms with Gasteiger partial charge in [-0.15, -0.1) is 5.10 Å². The molecule has 2 heterocycles. The van der Waals surface area contributed by atoms with Gasteiger partial charge in [0.15, 0.2) is 5.65 Å². The molecule has 2 aromatic heterocycles. The fraction of sp³-hybridized carbons (Fsp3) is 0.0526. The van der Waals surface area contributed by atoms with E-state index in [2.05, 4.69) is 20.6 Å². The average Bonchev–Trinajstić information content (AvgIpc) is 3.11. The van der Waals surface area contributed by atoms with Gasteiger partial charge in [-0.3, -0.25) is 4.79 Å². The van der Waals surface area contributed by atoms with Gasteiger partial charge in [-0.2, -0.15) is 4.68 Å².